The Hall–Kier alpha value is -1.07. The highest BCUT2D eigenvalue weighted by molar-refractivity contribution is 7.92. The molecule has 0 aliphatic rings. The molecule has 2 N–H and O–H groups in total. The summed E-state index contributed by atoms with van der Waals surface area (Å²) >= 11 is 0. The third kappa shape index (κ3) is 6.07. The molecule has 0 amide bonds. The lowest BCUT2D eigenvalue weighted by molar-refractivity contribution is 0.593. The van der Waals surface area contributed by atoms with Gasteiger partial charge in [-0.2, -0.15) is 0 Å². The fourth-order valence-electron chi connectivity index (χ4n) is 1.87. The summed E-state index contributed by atoms with van der Waals surface area (Å²) in [4.78, 5) is 0. The highest BCUT2D eigenvalue weighted by Crippen LogP contribution is 2.17. The molecule has 1 aromatic rings. The lowest BCUT2D eigenvalue weighted by Gasteiger charge is -2.11. The molecule has 108 valence electrons. The molecule has 19 heavy (non-hydrogen) atoms. The van der Waals surface area contributed by atoms with Crippen molar-refractivity contribution in [2.24, 2.45) is 0 Å². The second-order valence-corrected chi connectivity index (χ2v) is 6.33. The van der Waals surface area contributed by atoms with Crippen molar-refractivity contribution in [2.45, 2.75) is 33.1 Å². The van der Waals surface area contributed by atoms with Gasteiger partial charge >= 0.3 is 0 Å². The number of nitrogens with one attached hydrogen (secondary N) is 2. The topological polar surface area (TPSA) is 58.2 Å². The van der Waals surface area contributed by atoms with E-state index in [0.29, 0.717) is 12.1 Å². The molecule has 0 atom stereocenters. The number of hydrogen-bond acceptors (Lipinski definition) is 3. The van der Waals surface area contributed by atoms with Crippen LogP contribution < -0.4 is 10.0 Å². The van der Waals surface area contributed by atoms with Crippen LogP contribution in [0.25, 0.3) is 0 Å². The van der Waals surface area contributed by atoms with Crippen LogP contribution >= 0.6 is 0 Å². The molecule has 0 radical (unpaired) electrons. The molecule has 1 aromatic carbocycles. The number of hydrogen-bond donors (Lipinski definition) is 2. The van der Waals surface area contributed by atoms with Crippen LogP contribution in [-0.4, -0.2) is 27.3 Å². The van der Waals surface area contributed by atoms with Crippen LogP contribution in [0.3, 0.4) is 0 Å². The summed E-state index contributed by atoms with van der Waals surface area (Å²) in [6.45, 7) is 5.86. The van der Waals surface area contributed by atoms with E-state index in [9.17, 15) is 8.42 Å². The lowest BCUT2D eigenvalue weighted by atomic mass is 10.1. The average molecular weight is 284 g/mol. The summed E-state index contributed by atoms with van der Waals surface area (Å²) in [6, 6.07) is 7.53. The Morgan fingerprint density at radius 2 is 1.84 bits per heavy atom. The molecule has 0 bridgehead atoms. The van der Waals surface area contributed by atoms with E-state index < -0.39 is 10.0 Å². The number of sulfonamides is 1. The largest absolute Gasteiger partial charge is 0.317 e. The van der Waals surface area contributed by atoms with Crippen molar-refractivity contribution in [1.82, 2.24) is 5.32 Å². The van der Waals surface area contributed by atoms with Crippen LogP contribution in [0.2, 0.25) is 0 Å². The monoisotopic (exact) mass is 284 g/mol. The Morgan fingerprint density at radius 3 is 2.53 bits per heavy atom. The third-order valence-electron chi connectivity index (χ3n) is 2.93. The Labute approximate surface area is 116 Å². The minimum Gasteiger partial charge on any atom is -0.317 e. The molecule has 0 aromatic heterocycles. The van der Waals surface area contributed by atoms with Gasteiger partial charge in [0.15, 0.2) is 0 Å². The summed E-state index contributed by atoms with van der Waals surface area (Å²) in [7, 11) is -3.23. The summed E-state index contributed by atoms with van der Waals surface area (Å²) < 4.78 is 26.6. The first-order chi connectivity index (χ1) is 9.09. The van der Waals surface area contributed by atoms with Crippen molar-refractivity contribution in [1.29, 1.82) is 0 Å². The quantitative estimate of drug-likeness (QED) is 0.685. The van der Waals surface area contributed by atoms with E-state index in [2.05, 4.69) is 10.0 Å². The third-order valence-corrected chi connectivity index (χ3v) is 4.29. The SMILES string of the molecule is CCNCCCCS(=O)(=O)Nc1ccccc1CC. The van der Waals surface area contributed by atoms with Gasteiger partial charge in [0.1, 0.15) is 0 Å². The van der Waals surface area contributed by atoms with Gasteiger partial charge in [0.05, 0.1) is 11.4 Å². The number of aryl methyl sites for hydroxylation is 1. The predicted octanol–water partition coefficient (Wildman–Crippen LogP) is 2.38. The number of anilines is 1. The number of unbranched alkanes of at least 4 members (excludes halogenated alkanes) is 1. The van der Waals surface area contributed by atoms with Gasteiger partial charge in [-0.25, -0.2) is 8.42 Å². The molecular formula is C14H24N2O2S. The summed E-state index contributed by atoms with van der Waals surface area (Å²) in [6.07, 6.45) is 2.37. The Balaban J connectivity index is 2.50. The zero-order chi connectivity index (χ0) is 14.1. The Morgan fingerprint density at radius 1 is 1.11 bits per heavy atom. The summed E-state index contributed by atoms with van der Waals surface area (Å²) in [5.41, 5.74) is 1.73. The van der Waals surface area contributed by atoms with E-state index in [0.717, 1.165) is 31.5 Å². The standard InChI is InChI=1S/C14H24N2O2S/c1-3-13-9-5-6-10-14(13)16-19(17,18)12-8-7-11-15-4-2/h5-6,9-10,15-16H,3-4,7-8,11-12H2,1-2H3. The molecule has 0 saturated heterocycles. The maximum absolute atomic E-state index is 12.0. The highest BCUT2D eigenvalue weighted by Gasteiger charge is 2.11. The Kier molecular flexibility index (Phi) is 6.87. The average Bonchev–Trinajstić information content (AvgIpc) is 2.38. The smallest absolute Gasteiger partial charge is 0.232 e. The first-order valence-corrected chi connectivity index (χ1v) is 8.53. The van der Waals surface area contributed by atoms with Crippen LogP contribution in [-0.2, 0) is 16.4 Å². The molecule has 0 aliphatic heterocycles. The molecule has 1 rings (SSSR count). The van der Waals surface area contributed by atoms with Crippen LogP contribution in [0.15, 0.2) is 24.3 Å². The first kappa shape index (κ1) is 16.0. The van der Waals surface area contributed by atoms with E-state index in [4.69, 9.17) is 0 Å². The van der Waals surface area contributed by atoms with Gasteiger partial charge < -0.3 is 5.32 Å². The fraction of sp³-hybridized carbons (Fsp3) is 0.571. The van der Waals surface area contributed by atoms with E-state index in [-0.39, 0.29) is 5.75 Å². The Bertz CT molecular complexity index is 472. The molecule has 5 heteroatoms. The fourth-order valence-corrected chi connectivity index (χ4v) is 3.09. The molecule has 0 fully saturated rings. The highest BCUT2D eigenvalue weighted by atomic mass is 32.2. The van der Waals surface area contributed by atoms with Crippen molar-refractivity contribution in [3.8, 4) is 0 Å². The number of para-hydroxylation sites is 1. The van der Waals surface area contributed by atoms with Crippen molar-refractivity contribution >= 4 is 15.7 Å². The zero-order valence-corrected chi connectivity index (χ0v) is 12.6. The molecule has 4 nitrogen and oxygen atoms in total. The van der Waals surface area contributed by atoms with Crippen molar-refractivity contribution in [3.63, 3.8) is 0 Å². The second-order valence-electron chi connectivity index (χ2n) is 4.49. The van der Waals surface area contributed by atoms with E-state index in [1.54, 1.807) is 0 Å². The minimum absolute atomic E-state index is 0.177. The van der Waals surface area contributed by atoms with Crippen LogP contribution in [0.1, 0.15) is 32.3 Å². The van der Waals surface area contributed by atoms with Crippen LogP contribution in [0.5, 0.6) is 0 Å². The number of benzene rings is 1. The van der Waals surface area contributed by atoms with Gasteiger partial charge in [-0.1, -0.05) is 32.0 Å². The van der Waals surface area contributed by atoms with Gasteiger partial charge in [-0.15, -0.1) is 0 Å². The van der Waals surface area contributed by atoms with Crippen LogP contribution in [0, 0.1) is 0 Å². The minimum atomic E-state index is -3.23. The van der Waals surface area contributed by atoms with Crippen molar-refractivity contribution in [2.75, 3.05) is 23.6 Å². The molecule has 0 heterocycles. The zero-order valence-electron chi connectivity index (χ0n) is 11.8. The second kappa shape index (κ2) is 8.17. The normalized spacial score (nSPS) is 11.5. The van der Waals surface area contributed by atoms with Gasteiger partial charge in [-0.05, 0) is 44.0 Å². The van der Waals surface area contributed by atoms with E-state index in [1.165, 1.54) is 0 Å². The van der Waals surface area contributed by atoms with E-state index in [1.807, 2.05) is 38.1 Å². The van der Waals surface area contributed by atoms with Crippen molar-refractivity contribution in [3.05, 3.63) is 29.8 Å². The van der Waals surface area contributed by atoms with E-state index >= 15 is 0 Å². The summed E-state index contributed by atoms with van der Waals surface area (Å²) in [5, 5.41) is 3.19. The van der Waals surface area contributed by atoms with Gasteiger partial charge in [0, 0.05) is 0 Å². The molecule has 0 aliphatic carbocycles. The lowest BCUT2D eigenvalue weighted by Crippen LogP contribution is -2.19. The molecule has 0 saturated carbocycles. The first-order valence-electron chi connectivity index (χ1n) is 6.88. The molecule has 0 spiro atoms. The van der Waals surface area contributed by atoms with Gasteiger partial charge in [-0.3, -0.25) is 4.72 Å². The molecule has 0 unspecified atom stereocenters. The van der Waals surface area contributed by atoms with Gasteiger partial charge in [0.25, 0.3) is 0 Å². The maximum Gasteiger partial charge on any atom is 0.232 e. The maximum atomic E-state index is 12.0. The molecular weight excluding hydrogens is 260 g/mol. The number of rotatable bonds is 9. The summed E-state index contributed by atoms with van der Waals surface area (Å²) in [5.74, 6) is 0.177. The predicted molar refractivity (Wildman–Crippen MR) is 81.0 cm³/mol. The van der Waals surface area contributed by atoms with Crippen LogP contribution in [0.4, 0.5) is 5.69 Å². The van der Waals surface area contributed by atoms with Gasteiger partial charge in [0.2, 0.25) is 10.0 Å². The van der Waals surface area contributed by atoms with Crippen molar-refractivity contribution < 1.29 is 8.42 Å².